The summed E-state index contributed by atoms with van der Waals surface area (Å²) in [6.07, 6.45) is 6.15. The first kappa shape index (κ1) is 19.7. The van der Waals surface area contributed by atoms with Gasteiger partial charge in [0.25, 0.3) is 5.91 Å². The molecule has 0 radical (unpaired) electrons. The Kier molecular flexibility index (Phi) is 5.35. The van der Waals surface area contributed by atoms with E-state index in [9.17, 15) is 4.79 Å². The van der Waals surface area contributed by atoms with Crippen LogP contribution in [0.15, 0.2) is 54.6 Å². The van der Waals surface area contributed by atoms with Gasteiger partial charge < -0.3 is 10.2 Å². The van der Waals surface area contributed by atoms with Crippen molar-refractivity contribution in [3.05, 3.63) is 71.3 Å². The molecule has 3 aliphatic rings. The molecule has 30 heavy (non-hydrogen) atoms. The number of amides is 1. The van der Waals surface area contributed by atoms with Gasteiger partial charge in [0.05, 0.1) is 0 Å². The highest BCUT2D eigenvalue weighted by molar-refractivity contribution is 5.93. The molecule has 1 heterocycles. The smallest absolute Gasteiger partial charge is 0.274 e. The molecular weight excluding hydrogens is 374 g/mol. The number of carbonyl (C=O) groups excluding carboxylic acids is 1. The monoisotopic (exact) mass is 405 g/mol. The molecule has 2 aliphatic carbocycles. The van der Waals surface area contributed by atoms with E-state index >= 15 is 0 Å². The Labute approximate surface area is 178 Å². The topological polar surface area (TPSA) is 64.6 Å². The Morgan fingerprint density at radius 1 is 1.07 bits per heavy atom. The predicted molar refractivity (Wildman–Crippen MR) is 117 cm³/mol. The van der Waals surface area contributed by atoms with Crippen LogP contribution >= 0.6 is 0 Å². The van der Waals surface area contributed by atoms with E-state index in [4.69, 9.17) is 5.21 Å². The van der Waals surface area contributed by atoms with Gasteiger partial charge in [-0.05, 0) is 67.3 Å². The molecule has 5 rings (SSSR count). The molecule has 2 aromatic rings. The molecule has 2 unspecified atom stereocenters. The summed E-state index contributed by atoms with van der Waals surface area (Å²) in [5, 5.41) is 12.6. The normalized spacial score (nSPS) is 24.8. The summed E-state index contributed by atoms with van der Waals surface area (Å²) >= 11 is 0. The summed E-state index contributed by atoms with van der Waals surface area (Å²) in [6.45, 7) is 3.67. The highest BCUT2D eigenvalue weighted by Crippen LogP contribution is 2.50. The second-order valence-electron chi connectivity index (χ2n) is 9.58. The molecule has 3 fully saturated rings. The molecule has 2 saturated carbocycles. The first-order valence-corrected chi connectivity index (χ1v) is 11.2. The molecule has 3 N–H and O–H groups in total. The van der Waals surface area contributed by atoms with Crippen LogP contribution in [0.25, 0.3) is 0 Å². The first-order chi connectivity index (χ1) is 14.6. The van der Waals surface area contributed by atoms with E-state index in [1.54, 1.807) is 17.6 Å². The third kappa shape index (κ3) is 4.15. The van der Waals surface area contributed by atoms with Gasteiger partial charge in [-0.25, -0.2) is 5.48 Å². The van der Waals surface area contributed by atoms with E-state index in [0.717, 1.165) is 31.3 Å². The lowest BCUT2D eigenvalue weighted by Crippen LogP contribution is -2.66. The number of nitrogens with one attached hydrogen (secondary N) is 2. The maximum Gasteiger partial charge on any atom is 0.274 e. The average Bonchev–Trinajstić information content (AvgIpc) is 3.50. The molecule has 2 aromatic carbocycles. The minimum atomic E-state index is -0.460. The highest BCUT2D eigenvalue weighted by Gasteiger charge is 2.53. The molecule has 2 atom stereocenters. The van der Waals surface area contributed by atoms with Gasteiger partial charge in [-0.1, -0.05) is 42.5 Å². The van der Waals surface area contributed by atoms with Crippen LogP contribution < -0.4 is 10.8 Å². The Bertz CT molecular complexity index is 869. The van der Waals surface area contributed by atoms with Gasteiger partial charge in [0.1, 0.15) is 0 Å². The fraction of sp³-hybridized carbons (Fsp3) is 0.480. The number of hydroxylamine groups is 1. The van der Waals surface area contributed by atoms with Crippen LogP contribution in [-0.2, 0) is 6.42 Å². The van der Waals surface area contributed by atoms with Crippen molar-refractivity contribution in [3.8, 4) is 0 Å². The van der Waals surface area contributed by atoms with E-state index < -0.39 is 5.91 Å². The summed E-state index contributed by atoms with van der Waals surface area (Å²) in [5.74, 6) is 0.269. The standard InChI is InChI=1S/C25H31N3O2/c29-24(27-30)20-10-8-18(9-11-20)5-4-12-28-16-25(17-28)14-21(15-25)26-23-13-22(23)19-6-2-1-3-7-19/h1-3,6-11,21-23,26,30H,4-5,12-17H2,(H,27,29). The second kappa shape index (κ2) is 8.14. The molecule has 0 aromatic heterocycles. The number of hydrogen-bond acceptors (Lipinski definition) is 4. The zero-order valence-electron chi connectivity index (χ0n) is 17.4. The van der Waals surface area contributed by atoms with Crippen molar-refractivity contribution < 1.29 is 10.0 Å². The average molecular weight is 406 g/mol. The second-order valence-corrected chi connectivity index (χ2v) is 9.58. The van der Waals surface area contributed by atoms with Crippen LogP contribution in [0.3, 0.4) is 0 Å². The lowest BCUT2D eigenvalue weighted by Gasteiger charge is -2.59. The lowest BCUT2D eigenvalue weighted by atomic mass is 9.60. The molecule has 1 saturated heterocycles. The van der Waals surface area contributed by atoms with Crippen LogP contribution in [0, 0.1) is 5.41 Å². The number of carbonyl (C=O) groups is 1. The number of hydrogen-bond donors (Lipinski definition) is 3. The largest absolute Gasteiger partial charge is 0.311 e. The molecule has 1 spiro atoms. The highest BCUT2D eigenvalue weighted by atomic mass is 16.5. The first-order valence-electron chi connectivity index (χ1n) is 11.2. The predicted octanol–water partition coefficient (Wildman–Crippen LogP) is 3.35. The minimum absolute atomic E-state index is 0.460. The van der Waals surface area contributed by atoms with Crippen LogP contribution in [0.5, 0.6) is 0 Å². The number of nitrogens with zero attached hydrogens (tertiary/aromatic N) is 1. The maximum absolute atomic E-state index is 11.4. The molecule has 158 valence electrons. The summed E-state index contributed by atoms with van der Waals surface area (Å²) in [5.41, 5.74) is 5.48. The van der Waals surface area contributed by atoms with Gasteiger partial charge >= 0.3 is 0 Å². The van der Waals surface area contributed by atoms with Crippen LogP contribution in [0.1, 0.15) is 53.1 Å². The minimum Gasteiger partial charge on any atom is -0.311 e. The Morgan fingerprint density at radius 2 is 1.80 bits per heavy atom. The fourth-order valence-electron chi connectivity index (χ4n) is 5.57. The maximum atomic E-state index is 11.4. The molecule has 1 aliphatic heterocycles. The van der Waals surface area contributed by atoms with Crippen LogP contribution in [0.4, 0.5) is 0 Å². The van der Waals surface area contributed by atoms with E-state index in [-0.39, 0.29) is 0 Å². The van der Waals surface area contributed by atoms with Crippen molar-refractivity contribution >= 4 is 5.91 Å². The number of aryl methyl sites for hydroxylation is 1. The lowest BCUT2D eigenvalue weighted by molar-refractivity contribution is -0.0790. The summed E-state index contributed by atoms with van der Waals surface area (Å²) in [7, 11) is 0. The fourth-order valence-corrected chi connectivity index (χ4v) is 5.57. The van der Waals surface area contributed by atoms with Gasteiger partial charge in [-0.3, -0.25) is 10.0 Å². The van der Waals surface area contributed by atoms with E-state index in [1.165, 1.54) is 43.5 Å². The van der Waals surface area contributed by atoms with Gasteiger partial charge in [0.2, 0.25) is 0 Å². The van der Waals surface area contributed by atoms with Gasteiger partial charge in [-0.15, -0.1) is 0 Å². The number of likely N-dealkylation sites (tertiary alicyclic amines) is 1. The van der Waals surface area contributed by atoms with Crippen molar-refractivity contribution in [2.75, 3.05) is 19.6 Å². The van der Waals surface area contributed by atoms with E-state index in [2.05, 4.69) is 40.5 Å². The van der Waals surface area contributed by atoms with Crippen LogP contribution in [-0.4, -0.2) is 47.7 Å². The number of benzene rings is 2. The SMILES string of the molecule is O=C(NO)c1ccc(CCCN2CC3(CC(NC4CC4c4ccccc4)C3)C2)cc1. The Morgan fingerprint density at radius 3 is 2.50 bits per heavy atom. The summed E-state index contributed by atoms with van der Waals surface area (Å²) in [6, 6.07) is 19.8. The third-order valence-electron chi connectivity index (χ3n) is 7.20. The Hall–Kier alpha value is -2.21. The van der Waals surface area contributed by atoms with E-state index in [1.807, 2.05) is 12.1 Å². The molecular formula is C25H31N3O2. The summed E-state index contributed by atoms with van der Waals surface area (Å²) in [4.78, 5) is 14.0. The molecule has 5 nitrogen and oxygen atoms in total. The molecule has 5 heteroatoms. The number of rotatable bonds is 8. The van der Waals surface area contributed by atoms with Crippen LogP contribution in [0.2, 0.25) is 0 Å². The quantitative estimate of drug-likeness (QED) is 0.466. The van der Waals surface area contributed by atoms with Crippen molar-refractivity contribution in [2.24, 2.45) is 5.41 Å². The third-order valence-corrected chi connectivity index (χ3v) is 7.20. The van der Waals surface area contributed by atoms with Crippen molar-refractivity contribution in [1.29, 1.82) is 0 Å². The molecule has 0 bridgehead atoms. The van der Waals surface area contributed by atoms with Crippen molar-refractivity contribution in [1.82, 2.24) is 15.7 Å². The van der Waals surface area contributed by atoms with Crippen molar-refractivity contribution in [3.63, 3.8) is 0 Å². The summed E-state index contributed by atoms with van der Waals surface area (Å²) < 4.78 is 0. The van der Waals surface area contributed by atoms with Gasteiger partial charge in [0, 0.05) is 36.7 Å². The zero-order valence-corrected chi connectivity index (χ0v) is 17.4. The van der Waals surface area contributed by atoms with Gasteiger partial charge in [-0.2, -0.15) is 0 Å². The molecule has 1 amide bonds. The van der Waals surface area contributed by atoms with Crippen molar-refractivity contribution in [2.45, 2.75) is 50.1 Å². The zero-order chi connectivity index (χ0) is 20.6. The Balaban J connectivity index is 0.972. The van der Waals surface area contributed by atoms with Gasteiger partial charge in [0.15, 0.2) is 0 Å². The van der Waals surface area contributed by atoms with E-state index in [0.29, 0.717) is 17.0 Å².